The third-order valence-corrected chi connectivity index (χ3v) is 4.47. The van der Waals surface area contributed by atoms with Crippen LogP contribution in [0.25, 0.3) is 0 Å². The van der Waals surface area contributed by atoms with Crippen LogP contribution in [-0.2, 0) is 14.4 Å². The van der Waals surface area contributed by atoms with Crippen LogP contribution in [0.5, 0.6) is 0 Å². The Balaban J connectivity index is 1.95. The normalized spacial score (nSPS) is 28.7. The smallest absolute Gasteiger partial charge is 0.317 e. The van der Waals surface area contributed by atoms with Crippen molar-refractivity contribution < 1.29 is 24.6 Å². The Morgan fingerprint density at radius 3 is 2.55 bits per heavy atom. The molecule has 22 heavy (non-hydrogen) atoms. The Hall–Kier alpha value is -1.67. The number of aliphatic hydroxyl groups excluding tert-OH is 1. The van der Waals surface area contributed by atoms with E-state index in [2.05, 4.69) is 0 Å². The van der Waals surface area contributed by atoms with E-state index in [4.69, 9.17) is 5.11 Å². The van der Waals surface area contributed by atoms with Crippen molar-refractivity contribution in [1.82, 2.24) is 14.7 Å². The van der Waals surface area contributed by atoms with Gasteiger partial charge in [0.05, 0.1) is 24.6 Å². The third-order valence-electron chi connectivity index (χ3n) is 4.47. The Morgan fingerprint density at radius 1 is 1.32 bits per heavy atom. The van der Waals surface area contributed by atoms with E-state index in [9.17, 15) is 19.5 Å². The summed E-state index contributed by atoms with van der Waals surface area (Å²) in [5.74, 6) is -1.47. The lowest BCUT2D eigenvalue weighted by molar-refractivity contribution is -0.138. The van der Waals surface area contributed by atoms with Gasteiger partial charge < -0.3 is 20.0 Å². The van der Waals surface area contributed by atoms with Gasteiger partial charge in [0.15, 0.2) is 0 Å². The summed E-state index contributed by atoms with van der Waals surface area (Å²) in [6.45, 7) is 3.19. The lowest BCUT2D eigenvalue weighted by atomic mass is 10.1. The molecule has 2 aliphatic heterocycles. The average Bonchev–Trinajstić information content (AvgIpc) is 3.00. The number of β-amino-alcohol motifs (C(OH)–C–C–N with tert-alkyl or cyclic N) is 1. The number of hydrogen-bond acceptors (Lipinski definition) is 5. The van der Waals surface area contributed by atoms with Crippen molar-refractivity contribution in [3.8, 4) is 0 Å². The Morgan fingerprint density at radius 2 is 2.00 bits per heavy atom. The van der Waals surface area contributed by atoms with Crippen LogP contribution in [-0.4, -0.2) is 94.6 Å². The summed E-state index contributed by atoms with van der Waals surface area (Å²) in [7, 11) is 1.62. The Bertz CT molecular complexity index is 469. The fourth-order valence-corrected chi connectivity index (χ4v) is 3.21. The first-order valence-electron chi connectivity index (χ1n) is 7.50. The second-order valence-electron chi connectivity index (χ2n) is 6.02. The minimum absolute atomic E-state index is 0.0138. The van der Waals surface area contributed by atoms with E-state index in [1.165, 1.54) is 0 Å². The molecular weight excluding hydrogens is 290 g/mol. The first-order valence-corrected chi connectivity index (χ1v) is 7.50. The highest BCUT2D eigenvalue weighted by atomic mass is 16.4. The summed E-state index contributed by atoms with van der Waals surface area (Å²) < 4.78 is 0. The molecule has 0 aromatic carbocycles. The van der Waals surface area contributed by atoms with Gasteiger partial charge in [-0.1, -0.05) is 0 Å². The standard InChI is InChI=1S/C14H23N3O5/c1-3-16-5-9(4-12(16)19)14(22)17-6-10(11(18)7-17)15(2)8-13(20)21/h9-11,18H,3-8H2,1-2H3,(H,20,21)/t9?,10?,11-/m1/s1. The lowest BCUT2D eigenvalue weighted by Gasteiger charge is -2.25. The number of aliphatic carboxylic acids is 1. The highest BCUT2D eigenvalue weighted by Crippen LogP contribution is 2.23. The first kappa shape index (κ1) is 16.7. The van der Waals surface area contributed by atoms with E-state index < -0.39 is 12.1 Å². The summed E-state index contributed by atoms with van der Waals surface area (Å²) in [5.41, 5.74) is 0. The predicted octanol–water partition coefficient (Wildman–Crippen LogP) is -1.56. The molecule has 2 heterocycles. The molecule has 2 amide bonds. The van der Waals surface area contributed by atoms with Crippen LogP contribution < -0.4 is 0 Å². The number of likely N-dealkylation sites (N-methyl/N-ethyl adjacent to an activating group) is 1. The molecule has 0 bridgehead atoms. The second-order valence-corrected chi connectivity index (χ2v) is 6.02. The molecule has 0 aromatic heterocycles. The molecule has 0 aliphatic carbocycles. The quantitative estimate of drug-likeness (QED) is 0.637. The molecule has 2 rings (SSSR count). The molecule has 0 saturated carbocycles. The molecule has 124 valence electrons. The number of aliphatic hydroxyl groups is 1. The van der Waals surface area contributed by atoms with Crippen molar-refractivity contribution >= 4 is 17.8 Å². The van der Waals surface area contributed by atoms with E-state index >= 15 is 0 Å². The number of amides is 2. The number of carboxylic acid groups (broad SMARTS) is 1. The van der Waals surface area contributed by atoms with Crippen LogP contribution in [0.2, 0.25) is 0 Å². The predicted molar refractivity (Wildman–Crippen MR) is 77.0 cm³/mol. The first-order chi connectivity index (χ1) is 10.3. The fourth-order valence-electron chi connectivity index (χ4n) is 3.21. The van der Waals surface area contributed by atoms with Gasteiger partial charge in [0.1, 0.15) is 0 Å². The topological polar surface area (TPSA) is 101 Å². The van der Waals surface area contributed by atoms with Crippen LogP contribution in [0.3, 0.4) is 0 Å². The molecule has 0 spiro atoms. The van der Waals surface area contributed by atoms with Crippen LogP contribution in [0.1, 0.15) is 13.3 Å². The van der Waals surface area contributed by atoms with Gasteiger partial charge in [-0.25, -0.2) is 0 Å². The summed E-state index contributed by atoms with van der Waals surface area (Å²) in [6, 6.07) is -0.389. The number of hydrogen-bond donors (Lipinski definition) is 2. The van der Waals surface area contributed by atoms with Crippen molar-refractivity contribution in [1.29, 1.82) is 0 Å². The number of nitrogens with zero attached hydrogens (tertiary/aromatic N) is 3. The second kappa shape index (κ2) is 6.62. The van der Waals surface area contributed by atoms with Crippen molar-refractivity contribution in [2.75, 3.05) is 39.8 Å². The summed E-state index contributed by atoms with van der Waals surface area (Å²) >= 11 is 0. The van der Waals surface area contributed by atoms with Gasteiger partial charge in [-0.05, 0) is 14.0 Å². The molecule has 2 N–H and O–H groups in total. The molecular formula is C14H23N3O5. The summed E-state index contributed by atoms with van der Waals surface area (Å²) in [6.07, 6.45) is -0.554. The molecule has 2 aliphatic rings. The van der Waals surface area contributed by atoms with Crippen molar-refractivity contribution in [2.45, 2.75) is 25.5 Å². The van der Waals surface area contributed by atoms with Crippen molar-refractivity contribution in [3.05, 3.63) is 0 Å². The highest BCUT2D eigenvalue weighted by Gasteiger charge is 2.41. The van der Waals surface area contributed by atoms with Crippen LogP contribution in [0.4, 0.5) is 0 Å². The van der Waals surface area contributed by atoms with E-state index in [1.54, 1.807) is 21.7 Å². The van der Waals surface area contributed by atoms with E-state index in [-0.39, 0.29) is 43.3 Å². The number of carbonyl (C=O) groups excluding carboxylic acids is 2. The van der Waals surface area contributed by atoms with E-state index in [0.717, 1.165) is 0 Å². The molecule has 0 aromatic rings. The fraction of sp³-hybridized carbons (Fsp3) is 0.786. The minimum atomic E-state index is -0.973. The van der Waals surface area contributed by atoms with Gasteiger partial charge >= 0.3 is 5.97 Å². The van der Waals surface area contributed by atoms with Gasteiger partial charge in [0.2, 0.25) is 11.8 Å². The zero-order valence-corrected chi connectivity index (χ0v) is 12.9. The summed E-state index contributed by atoms with van der Waals surface area (Å²) in [5, 5.41) is 18.9. The van der Waals surface area contributed by atoms with Gasteiger partial charge in [-0.2, -0.15) is 0 Å². The number of rotatable bonds is 5. The monoisotopic (exact) mass is 313 g/mol. The maximum absolute atomic E-state index is 12.5. The highest BCUT2D eigenvalue weighted by molar-refractivity contribution is 5.89. The van der Waals surface area contributed by atoms with Crippen LogP contribution in [0, 0.1) is 5.92 Å². The lowest BCUT2D eigenvalue weighted by Crippen LogP contribution is -2.43. The maximum atomic E-state index is 12.5. The molecule has 2 fully saturated rings. The molecule has 8 nitrogen and oxygen atoms in total. The maximum Gasteiger partial charge on any atom is 0.317 e. The van der Waals surface area contributed by atoms with Gasteiger partial charge in [0, 0.05) is 32.6 Å². The Kier molecular flexibility index (Phi) is 5.02. The minimum Gasteiger partial charge on any atom is -0.480 e. The SMILES string of the molecule is CCN1CC(C(=O)N2CC(N(C)CC(=O)O)[C@H](O)C2)CC1=O. The van der Waals surface area contributed by atoms with Crippen molar-refractivity contribution in [3.63, 3.8) is 0 Å². The number of carboxylic acids is 1. The van der Waals surface area contributed by atoms with E-state index in [1.807, 2.05) is 6.92 Å². The number of carbonyl (C=O) groups is 3. The van der Waals surface area contributed by atoms with Gasteiger partial charge in [-0.15, -0.1) is 0 Å². The zero-order chi connectivity index (χ0) is 16.4. The van der Waals surface area contributed by atoms with Crippen molar-refractivity contribution in [2.24, 2.45) is 5.92 Å². The zero-order valence-electron chi connectivity index (χ0n) is 12.9. The average molecular weight is 313 g/mol. The largest absolute Gasteiger partial charge is 0.480 e. The molecule has 8 heteroatoms. The van der Waals surface area contributed by atoms with Gasteiger partial charge in [-0.3, -0.25) is 19.3 Å². The van der Waals surface area contributed by atoms with Gasteiger partial charge in [0.25, 0.3) is 0 Å². The molecule has 2 unspecified atom stereocenters. The van der Waals surface area contributed by atoms with Crippen LogP contribution in [0.15, 0.2) is 0 Å². The van der Waals surface area contributed by atoms with Crippen LogP contribution >= 0.6 is 0 Å². The summed E-state index contributed by atoms with van der Waals surface area (Å²) in [4.78, 5) is 39.7. The van der Waals surface area contributed by atoms with E-state index in [0.29, 0.717) is 19.6 Å². The molecule has 0 radical (unpaired) electrons. The number of likely N-dealkylation sites (tertiary alicyclic amines) is 2. The third kappa shape index (κ3) is 3.38. The molecule has 3 atom stereocenters. The Labute approximate surface area is 129 Å². The molecule has 2 saturated heterocycles.